The van der Waals surface area contributed by atoms with Crippen LogP contribution < -0.4 is 15.0 Å². The largest absolute Gasteiger partial charge is 0.492 e. The Balaban J connectivity index is 1.72. The van der Waals surface area contributed by atoms with Crippen LogP contribution in [0.1, 0.15) is 13.3 Å². The molecule has 1 unspecified atom stereocenters. The normalized spacial score (nSPS) is 16.7. The fraction of sp³-hybridized carbons (Fsp3) is 0.263. The number of hydrogen-bond donors (Lipinski definition) is 1. The molecule has 0 spiro atoms. The molecule has 1 aliphatic heterocycles. The van der Waals surface area contributed by atoms with Gasteiger partial charge in [-0.05, 0) is 31.2 Å². The standard InChI is InChI=1S/C19H18F2N2O3/c1-2-26-17-6-4-3-5-16(17)22-19(25)12-9-18(24)23(11-12)13-7-8-14(20)15(21)10-13/h3-8,10,12H,2,9,11H2,1H3,(H,22,25). The monoisotopic (exact) mass is 360 g/mol. The number of para-hydroxylation sites is 2. The highest BCUT2D eigenvalue weighted by atomic mass is 19.2. The van der Waals surface area contributed by atoms with Crippen molar-refractivity contribution in [1.29, 1.82) is 0 Å². The molecule has 0 saturated carbocycles. The summed E-state index contributed by atoms with van der Waals surface area (Å²) in [5.74, 6) is -2.70. The number of nitrogens with one attached hydrogen (secondary N) is 1. The average Bonchev–Trinajstić information content (AvgIpc) is 3.01. The Morgan fingerprint density at radius 1 is 1.23 bits per heavy atom. The minimum atomic E-state index is -1.03. The Morgan fingerprint density at radius 3 is 2.73 bits per heavy atom. The molecule has 1 N–H and O–H groups in total. The number of halogens is 2. The molecule has 1 saturated heterocycles. The lowest BCUT2D eigenvalue weighted by Crippen LogP contribution is -2.28. The van der Waals surface area contributed by atoms with Crippen LogP contribution in [0, 0.1) is 17.6 Å². The summed E-state index contributed by atoms with van der Waals surface area (Å²) in [6.45, 7) is 2.40. The highest BCUT2D eigenvalue weighted by molar-refractivity contribution is 6.03. The molecule has 0 aromatic heterocycles. The molecule has 1 fully saturated rings. The maximum Gasteiger partial charge on any atom is 0.229 e. The van der Waals surface area contributed by atoms with E-state index in [1.807, 2.05) is 6.92 Å². The molecule has 3 rings (SSSR count). The first-order chi connectivity index (χ1) is 12.5. The Morgan fingerprint density at radius 2 is 2.00 bits per heavy atom. The highest BCUT2D eigenvalue weighted by Crippen LogP contribution is 2.29. The minimum absolute atomic E-state index is 0.00162. The number of nitrogens with zero attached hydrogens (tertiary/aromatic N) is 1. The van der Waals surface area contributed by atoms with Gasteiger partial charge >= 0.3 is 0 Å². The van der Waals surface area contributed by atoms with Gasteiger partial charge in [0.1, 0.15) is 5.75 Å². The van der Waals surface area contributed by atoms with E-state index in [0.717, 1.165) is 12.1 Å². The third-order valence-electron chi connectivity index (χ3n) is 4.16. The van der Waals surface area contributed by atoms with E-state index in [2.05, 4.69) is 5.32 Å². The van der Waals surface area contributed by atoms with Crippen molar-refractivity contribution in [3.63, 3.8) is 0 Å². The molecule has 1 aliphatic rings. The van der Waals surface area contributed by atoms with Gasteiger partial charge in [0, 0.05) is 24.7 Å². The van der Waals surface area contributed by atoms with Crippen LogP contribution in [0.4, 0.5) is 20.2 Å². The van der Waals surface area contributed by atoms with Gasteiger partial charge in [-0.15, -0.1) is 0 Å². The number of rotatable bonds is 5. The summed E-state index contributed by atoms with van der Waals surface area (Å²) in [7, 11) is 0. The van der Waals surface area contributed by atoms with Gasteiger partial charge in [-0.3, -0.25) is 9.59 Å². The van der Waals surface area contributed by atoms with Gasteiger partial charge in [-0.2, -0.15) is 0 Å². The summed E-state index contributed by atoms with van der Waals surface area (Å²) in [6, 6.07) is 10.3. The zero-order valence-electron chi connectivity index (χ0n) is 14.2. The van der Waals surface area contributed by atoms with Crippen LogP contribution in [0.15, 0.2) is 42.5 Å². The van der Waals surface area contributed by atoms with Crippen molar-refractivity contribution >= 4 is 23.2 Å². The van der Waals surface area contributed by atoms with Crippen molar-refractivity contribution < 1.29 is 23.1 Å². The summed E-state index contributed by atoms with van der Waals surface area (Å²) in [6.07, 6.45) is 0.00162. The Hall–Kier alpha value is -2.96. The van der Waals surface area contributed by atoms with Crippen molar-refractivity contribution in [2.24, 2.45) is 5.92 Å². The average molecular weight is 360 g/mol. The van der Waals surface area contributed by atoms with Crippen molar-refractivity contribution in [1.82, 2.24) is 0 Å². The lowest BCUT2D eigenvalue weighted by Gasteiger charge is -2.17. The van der Waals surface area contributed by atoms with Crippen molar-refractivity contribution in [3.05, 3.63) is 54.1 Å². The summed E-state index contributed by atoms with van der Waals surface area (Å²) in [4.78, 5) is 26.0. The maximum absolute atomic E-state index is 13.4. The number of benzene rings is 2. The molecular weight excluding hydrogens is 342 g/mol. The fourth-order valence-electron chi connectivity index (χ4n) is 2.87. The quantitative estimate of drug-likeness (QED) is 0.890. The van der Waals surface area contributed by atoms with E-state index in [1.54, 1.807) is 24.3 Å². The van der Waals surface area contributed by atoms with Crippen LogP contribution >= 0.6 is 0 Å². The molecule has 0 bridgehead atoms. The van der Waals surface area contributed by atoms with Gasteiger partial charge in [-0.1, -0.05) is 12.1 Å². The van der Waals surface area contributed by atoms with Crippen LogP contribution in [0.5, 0.6) is 5.75 Å². The fourth-order valence-corrected chi connectivity index (χ4v) is 2.87. The number of anilines is 2. The zero-order valence-corrected chi connectivity index (χ0v) is 14.2. The van der Waals surface area contributed by atoms with Gasteiger partial charge in [-0.25, -0.2) is 8.78 Å². The van der Waals surface area contributed by atoms with Crippen LogP contribution in [-0.4, -0.2) is 25.0 Å². The Bertz CT molecular complexity index is 841. The SMILES string of the molecule is CCOc1ccccc1NC(=O)C1CC(=O)N(c2ccc(F)c(F)c2)C1. The molecule has 0 aliphatic carbocycles. The molecule has 5 nitrogen and oxygen atoms in total. The van der Waals surface area contributed by atoms with Gasteiger partial charge in [0.25, 0.3) is 0 Å². The minimum Gasteiger partial charge on any atom is -0.492 e. The second-order valence-electron chi connectivity index (χ2n) is 5.92. The van der Waals surface area contributed by atoms with Crippen molar-refractivity contribution in [2.45, 2.75) is 13.3 Å². The smallest absolute Gasteiger partial charge is 0.229 e. The molecule has 2 aromatic carbocycles. The van der Waals surface area contributed by atoms with Gasteiger partial charge in [0.05, 0.1) is 18.2 Å². The first-order valence-electron chi connectivity index (χ1n) is 8.27. The summed E-state index contributed by atoms with van der Waals surface area (Å²) in [5, 5.41) is 2.77. The first-order valence-corrected chi connectivity index (χ1v) is 8.27. The number of ether oxygens (including phenoxy) is 1. The van der Waals surface area contributed by atoms with Gasteiger partial charge in [0.15, 0.2) is 11.6 Å². The topological polar surface area (TPSA) is 58.6 Å². The third kappa shape index (κ3) is 3.66. The van der Waals surface area contributed by atoms with E-state index < -0.39 is 17.6 Å². The molecule has 1 heterocycles. The molecule has 2 aromatic rings. The van der Waals surface area contributed by atoms with Crippen LogP contribution in [-0.2, 0) is 9.59 Å². The summed E-state index contributed by atoms with van der Waals surface area (Å²) >= 11 is 0. The first kappa shape index (κ1) is 17.8. The number of carbonyl (C=O) groups is 2. The number of carbonyl (C=O) groups excluding carboxylic acids is 2. The van der Waals surface area contributed by atoms with E-state index in [9.17, 15) is 18.4 Å². The molecule has 26 heavy (non-hydrogen) atoms. The molecular formula is C19H18F2N2O3. The lowest BCUT2D eigenvalue weighted by atomic mass is 10.1. The number of hydrogen-bond acceptors (Lipinski definition) is 3. The Labute approximate surface area is 149 Å². The van der Waals surface area contributed by atoms with Crippen LogP contribution in [0.25, 0.3) is 0 Å². The predicted molar refractivity (Wildman–Crippen MR) is 93.1 cm³/mol. The predicted octanol–water partition coefficient (Wildman–Crippen LogP) is 3.36. The van der Waals surface area contributed by atoms with E-state index in [4.69, 9.17) is 4.74 Å². The summed E-state index contributed by atoms with van der Waals surface area (Å²) in [5.41, 5.74) is 0.761. The highest BCUT2D eigenvalue weighted by Gasteiger charge is 2.35. The second kappa shape index (κ2) is 7.51. The van der Waals surface area contributed by atoms with E-state index in [0.29, 0.717) is 18.0 Å². The molecule has 1 atom stereocenters. The Kier molecular flexibility index (Phi) is 5.16. The van der Waals surface area contributed by atoms with Crippen LogP contribution in [0.3, 0.4) is 0 Å². The van der Waals surface area contributed by atoms with Crippen molar-refractivity contribution in [2.75, 3.05) is 23.4 Å². The maximum atomic E-state index is 13.4. The summed E-state index contributed by atoms with van der Waals surface area (Å²) < 4.78 is 32.0. The lowest BCUT2D eigenvalue weighted by molar-refractivity contribution is -0.122. The van der Waals surface area contributed by atoms with E-state index in [-0.39, 0.29) is 30.5 Å². The van der Waals surface area contributed by atoms with E-state index >= 15 is 0 Å². The van der Waals surface area contributed by atoms with Gasteiger partial charge in [0.2, 0.25) is 11.8 Å². The molecule has 2 amide bonds. The molecule has 136 valence electrons. The number of amides is 2. The van der Waals surface area contributed by atoms with Crippen molar-refractivity contribution in [3.8, 4) is 5.75 Å². The zero-order chi connectivity index (χ0) is 18.7. The second-order valence-corrected chi connectivity index (χ2v) is 5.92. The third-order valence-corrected chi connectivity index (χ3v) is 4.16. The van der Waals surface area contributed by atoms with Gasteiger partial charge < -0.3 is 15.0 Å². The van der Waals surface area contributed by atoms with E-state index in [1.165, 1.54) is 11.0 Å². The van der Waals surface area contributed by atoms with Crippen LogP contribution in [0.2, 0.25) is 0 Å². The molecule has 7 heteroatoms. The molecule has 0 radical (unpaired) electrons.